The fourth-order valence-electron chi connectivity index (χ4n) is 1.13. The van der Waals surface area contributed by atoms with Gasteiger partial charge in [0, 0.05) is 31.9 Å². The zero-order chi connectivity index (χ0) is 12.3. The summed E-state index contributed by atoms with van der Waals surface area (Å²) in [7, 11) is 0. The average Bonchev–Trinajstić information content (AvgIpc) is 2.17. The van der Waals surface area contributed by atoms with Gasteiger partial charge in [0.2, 0.25) is 0 Å². The normalized spacial score (nSPS) is 12.6. The van der Waals surface area contributed by atoms with Crippen molar-refractivity contribution >= 4 is 12.0 Å². The van der Waals surface area contributed by atoms with E-state index in [0.717, 1.165) is 10.3 Å². The standard InChI is InChI=1S/C13H17NO2/c1-10(15)12-7-5-11(6-8-12)9-14(16)13(2,3)4/h5-9H,1-4H3. The van der Waals surface area contributed by atoms with Gasteiger partial charge < -0.3 is 5.21 Å². The van der Waals surface area contributed by atoms with E-state index < -0.39 is 5.54 Å². The number of benzene rings is 1. The molecule has 0 aliphatic heterocycles. The lowest BCUT2D eigenvalue weighted by molar-refractivity contribution is -0.530. The number of nitrogens with zero attached hydrogens (tertiary/aromatic N) is 1. The molecule has 0 aromatic heterocycles. The van der Waals surface area contributed by atoms with Gasteiger partial charge >= 0.3 is 0 Å². The summed E-state index contributed by atoms with van der Waals surface area (Å²) in [5.74, 6) is 0.0290. The largest absolute Gasteiger partial charge is 0.623 e. The van der Waals surface area contributed by atoms with Crippen molar-refractivity contribution < 1.29 is 9.53 Å². The highest BCUT2D eigenvalue weighted by Gasteiger charge is 2.17. The second-order valence-electron chi connectivity index (χ2n) is 4.80. The van der Waals surface area contributed by atoms with Gasteiger partial charge in [0.1, 0.15) is 0 Å². The monoisotopic (exact) mass is 219 g/mol. The van der Waals surface area contributed by atoms with Crippen molar-refractivity contribution in [3.63, 3.8) is 0 Å². The van der Waals surface area contributed by atoms with Crippen LogP contribution in [0.4, 0.5) is 0 Å². The summed E-state index contributed by atoms with van der Waals surface area (Å²) < 4.78 is 0.912. The van der Waals surface area contributed by atoms with Crippen molar-refractivity contribution in [3.8, 4) is 0 Å². The van der Waals surface area contributed by atoms with Crippen LogP contribution in [-0.4, -0.2) is 22.3 Å². The summed E-state index contributed by atoms with van der Waals surface area (Å²) in [6, 6.07) is 7.00. The van der Waals surface area contributed by atoms with Crippen LogP contribution in [0.25, 0.3) is 0 Å². The molecule has 0 bridgehead atoms. The van der Waals surface area contributed by atoms with Gasteiger partial charge in [0.05, 0.1) is 0 Å². The Morgan fingerprint density at radius 3 is 2.12 bits per heavy atom. The molecule has 0 aliphatic rings. The topological polar surface area (TPSA) is 43.1 Å². The van der Waals surface area contributed by atoms with Crippen LogP contribution in [0.1, 0.15) is 43.6 Å². The molecule has 0 saturated carbocycles. The Morgan fingerprint density at radius 2 is 1.75 bits per heavy atom. The molecule has 0 amide bonds. The molecule has 1 aromatic rings. The zero-order valence-corrected chi connectivity index (χ0v) is 10.2. The van der Waals surface area contributed by atoms with Crippen LogP contribution in [0.5, 0.6) is 0 Å². The Bertz CT molecular complexity index is 411. The molecule has 0 fully saturated rings. The summed E-state index contributed by atoms with van der Waals surface area (Å²) >= 11 is 0. The molecule has 86 valence electrons. The van der Waals surface area contributed by atoms with Crippen LogP contribution in [0.15, 0.2) is 24.3 Å². The quantitative estimate of drug-likeness (QED) is 0.252. The molecule has 0 aliphatic carbocycles. The highest BCUT2D eigenvalue weighted by molar-refractivity contribution is 5.94. The van der Waals surface area contributed by atoms with Crippen LogP contribution in [0.2, 0.25) is 0 Å². The van der Waals surface area contributed by atoms with E-state index in [9.17, 15) is 10.0 Å². The van der Waals surface area contributed by atoms with Crippen LogP contribution in [-0.2, 0) is 0 Å². The Balaban J connectivity index is 2.96. The first-order chi connectivity index (χ1) is 7.30. The van der Waals surface area contributed by atoms with Crippen molar-refractivity contribution in [3.05, 3.63) is 40.6 Å². The van der Waals surface area contributed by atoms with Gasteiger partial charge in [0.25, 0.3) is 0 Å². The molecule has 0 saturated heterocycles. The first kappa shape index (κ1) is 12.4. The third-order valence-electron chi connectivity index (χ3n) is 2.24. The van der Waals surface area contributed by atoms with Crippen LogP contribution in [0.3, 0.4) is 0 Å². The molecular weight excluding hydrogens is 202 g/mol. The SMILES string of the molecule is CC(=O)c1ccc(C=[N+]([O-])C(C)(C)C)cc1. The minimum Gasteiger partial charge on any atom is -0.623 e. The maximum Gasteiger partial charge on any atom is 0.182 e. The number of hydroxylamine groups is 1. The minimum absolute atomic E-state index is 0.0290. The van der Waals surface area contributed by atoms with E-state index in [4.69, 9.17) is 0 Å². The molecule has 0 atom stereocenters. The van der Waals surface area contributed by atoms with Gasteiger partial charge in [0.15, 0.2) is 17.5 Å². The number of hydrogen-bond donors (Lipinski definition) is 0. The van der Waals surface area contributed by atoms with Gasteiger partial charge in [-0.3, -0.25) is 4.79 Å². The molecule has 1 aromatic carbocycles. The summed E-state index contributed by atoms with van der Waals surface area (Å²) in [5, 5.41) is 11.6. The highest BCUT2D eigenvalue weighted by Crippen LogP contribution is 2.07. The Hall–Kier alpha value is -1.64. The third kappa shape index (κ3) is 3.19. The predicted octanol–water partition coefficient (Wildman–Crippen LogP) is 2.62. The van der Waals surface area contributed by atoms with Gasteiger partial charge in [-0.15, -0.1) is 0 Å². The van der Waals surface area contributed by atoms with E-state index in [1.54, 1.807) is 24.3 Å². The maximum atomic E-state index is 11.6. The Kier molecular flexibility index (Phi) is 3.48. The lowest BCUT2D eigenvalue weighted by Gasteiger charge is -2.18. The average molecular weight is 219 g/mol. The van der Waals surface area contributed by atoms with E-state index in [1.165, 1.54) is 13.1 Å². The van der Waals surface area contributed by atoms with Gasteiger partial charge in [-0.2, -0.15) is 0 Å². The molecule has 0 unspecified atom stereocenters. The number of carbonyl (C=O) groups is 1. The van der Waals surface area contributed by atoms with E-state index in [0.29, 0.717) is 5.56 Å². The second kappa shape index (κ2) is 4.47. The van der Waals surface area contributed by atoms with Gasteiger partial charge in [-0.1, -0.05) is 12.1 Å². The number of ketones is 1. The predicted molar refractivity (Wildman–Crippen MR) is 65.0 cm³/mol. The molecule has 0 radical (unpaired) electrons. The molecule has 3 heteroatoms. The summed E-state index contributed by atoms with van der Waals surface area (Å²) in [5.41, 5.74) is 1.01. The van der Waals surface area contributed by atoms with Crippen molar-refractivity contribution in [2.45, 2.75) is 33.2 Å². The Labute approximate surface area is 96.0 Å². The smallest absolute Gasteiger partial charge is 0.182 e. The molecular formula is C13H17NO2. The fourth-order valence-corrected chi connectivity index (χ4v) is 1.13. The van der Waals surface area contributed by atoms with Crippen molar-refractivity contribution in [1.82, 2.24) is 0 Å². The van der Waals surface area contributed by atoms with Gasteiger partial charge in [-0.05, 0) is 19.1 Å². The van der Waals surface area contributed by atoms with E-state index in [1.807, 2.05) is 20.8 Å². The molecule has 0 spiro atoms. The molecule has 0 heterocycles. The van der Waals surface area contributed by atoms with Crippen molar-refractivity contribution in [1.29, 1.82) is 0 Å². The first-order valence-electron chi connectivity index (χ1n) is 5.23. The maximum absolute atomic E-state index is 11.6. The number of Topliss-reactive ketones (excluding diaryl/α,β-unsaturated/α-hetero) is 1. The van der Waals surface area contributed by atoms with E-state index in [-0.39, 0.29) is 5.78 Å². The number of hydrogen-bond acceptors (Lipinski definition) is 2. The number of carbonyl (C=O) groups excluding carboxylic acids is 1. The molecule has 3 nitrogen and oxygen atoms in total. The molecule has 0 N–H and O–H groups in total. The van der Waals surface area contributed by atoms with Crippen molar-refractivity contribution in [2.24, 2.45) is 0 Å². The van der Waals surface area contributed by atoms with E-state index in [2.05, 4.69) is 0 Å². The Morgan fingerprint density at radius 1 is 1.25 bits per heavy atom. The van der Waals surface area contributed by atoms with Crippen LogP contribution in [0, 0.1) is 5.21 Å². The number of rotatable bonds is 2. The molecule has 1 rings (SSSR count). The second-order valence-corrected chi connectivity index (χ2v) is 4.80. The summed E-state index contributed by atoms with van der Waals surface area (Å²) in [4.78, 5) is 11.1. The van der Waals surface area contributed by atoms with Crippen LogP contribution >= 0.6 is 0 Å². The third-order valence-corrected chi connectivity index (χ3v) is 2.24. The zero-order valence-electron chi connectivity index (χ0n) is 10.2. The van der Waals surface area contributed by atoms with E-state index >= 15 is 0 Å². The lowest BCUT2D eigenvalue weighted by atomic mass is 10.1. The minimum atomic E-state index is -0.445. The lowest BCUT2D eigenvalue weighted by Crippen LogP contribution is -2.29. The molecule has 16 heavy (non-hydrogen) atoms. The fraction of sp³-hybridized carbons (Fsp3) is 0.385. The highest BCUT2D eigenvalue weighted by atomic mass is 16.5. The summed E-state index contributed by atoms with van der Waals surface area (Å²) in [6.07, 6.45) is 1.53. The summed E-state index contributed by atoms with van der Waals surface area (Å²) in [6.45, 7) is 7.06. The van der Waals surface area contributed by atoms with Crippen LogP contribution < -0.4 is 0 Å². The van der Waals surface area contributed by atoms with Crippen molar-refractivity contribution in [2.75, 3.05) is 0 Å². The first-order valence-corrected chi connectivity index (χ1v) is 5.23. The van der Waals surface area contributed by atoms with Gasteiger partial charge in [-0.25, -0.2) is 4.74 Å².